The van der Waals surface area contributed by atoms with E-state index >= 15 is 0 Å². The molecule has 0 spiro atoms. The van der Waals surface area contributed by atoms with Crippen molar-refractivity contribution in [2.45, 2.75) is 44.7 Å². The average Bonchev–Trinajstić information content (AvgIpc) is 2.89. The number of nitrogens with zero attached hydrogens (tertiary/aromatic N) is 3. The summed E-state index contributed by atoms with van der Waals surface area (Å²) >= 11 is 6.18. The van der Waals surface area contributed by atoms with Crippen LogP contribution >= 0.6 is 11.6 Å². The van der Waals surface area contributed by atoms with Crippen LogP contribution in [0.25, 0.3) is 11.2 Å². The Balaban J connectivity index is 2.34. The third-order valence-corrected chi connectivity index (χ3v) is 4.21. The van der Waals surface area contributed by atoms with Crippen molar-refractivity contribution in [1.29, 1.82) is 0 Å². The molecule has 0 saturated heterocycles. The number of imidazole rings is 1. The predicted molar refractivity (Wildman–Crippen MR) is 87.5 cm³/mol. The lowest BCUT2D eigenvalue weighted by Gasteiger charge is -2.16. The standard InChI is InChI=1S/C14H22ClN5O2/c1-4-5-8-20-12-11(13(21)18-14(20)22)16-10(17-12)7-6-9(15)19(2)3/h9H,4-8H2,1-3H3,(H,16,17)(H,18,21,22). The van der Waals surface area contributed by atoms with Gasteiger partial charge >= 0.3 is 5.69 Å². The largest absolute Gasteiger partial charge is 0.336 e. The van der Waals surface area contributed by atoms with Crippen molar-refractivity contribution in [2.75, 3.05) is 14.1 Å². The minimum absolute atomic E-state index is 0.103. The summed E-state index contributed by atoms with van der Waals surface area (Å²) in [4.78, 5) is 35.5. The van der Waals surface area contributed by atoms with Gasteiger partial charge in [0.25, 0.3) is 5.56 Å². The second-order valence-electron chi connectivity index (χ2n) is 5.58. The average molecular weight is 328 g/mol. The molecule has 7 nitrogen and oxygen atoms in total. The Morgan fingerprint density at radius 1 is 1.32 bits per heavy atom. The molecule has 2 N–H and O–H groups in total. The summed E-state index contributed by atoms with van der Waals surface area (Å²) in [7, 11) is 3.81. The number of aryl methyl sites for hydroxylation is 2. The summed E-state index contributed by atoms with van der Waals surface area (Å²) in [6, 6.07) is 0. The Labute approximate surface area is 133 Å². The first-order chi connectivity index (χ1) is 10.4. The van der Waals surface area contributed by atoms with Crippen LogP contribution in [0.4, 0.5) is 0 Å². The van der Waals surface area contributed by atoms with E-state index in [0.29, 0.717) is 36.4 Å². The molecule has 22 heavy (non-hydrogen) atoms. The van der Waals surface area contributed by atoms with Crippen LogP contribution in [0.2, 0.25) is 0 Å². The molecule has 2 aromatic heterocycles. The van der Waals surface area contributed by atoms with Crippen LogP contribution in [0, 0.1) is 0 Å². The van der Waals surface area contributed by atoms with E-state index in [4.69, 9.17) is 11.6 Å². The van der Waals surface area contributed by atoms with Crippen LogP contribution < -0.4 is 11.2 Å². The fourth-order valence-electron chi connectivity index (χ4n) is 2.24. The van der Waals surface area contributed by atoms with Crippen molar-refractivity contribution >= 4 is 22.8 Å². The van der Waals surface area contributed by atoms with Gasteiger partial charge in [0, 0.05) is 13.0 Å². The summed E-state index contributed by atoms with van der Waals surface area (Å²) in [6.07, 6.45) is 3.13. The van der Waals surface area contributed by atoms with E-state index in [2.05, 4.69) is 15.0 Å². The summed E-state index contributed by atoms with van der Waals surface area (Å²) in [5, 5.41) is 0. The third kappa shape index (κ3) is 3.59. The molecule has 1 unspecified atom stereocenters. The smallest absolute Gasteiger partial charge is 0.330 e. The molecule has 0 aliphatic rings. The van der Waals surface area contributed by atoms with Gasteiger partial charge in [-0.25, -0.2) is 9.78 Å². The maximum Gasteiger partial charge on any atom is 0.330 e. The Hall–Kier alpha value is -1.60. The quantitative estimate of drug-likeness (QED) is 0.592. The van der Waals surface area contributed by atoms with Crippen molar-refractivity contribution in [3.8, 4) is 0 Å². The van der Waals surface area contributed by atoms with Crippen LogP contribution in [0.3, 0.4) is 0 Å². The molecule has 2 aromatic rings. The summed E-state index contributed by atoms with van der Waals surface area (Å²) < 4.78 is 1.52. The first kappa shape index (κ1) is 16.8. The number of aromatic nitrogens is 4. The van der Waals surface area contributed by atoms with Gasteiger partial charge in [0.05, 0.1) is 5.50 Å². The number of halogens is 1. The first-order valence-electron chi connectivity index (χ1n) is 7.46. The highest BCUT2D eigenvalue weighted by Gasteiger charge is 2.14. The molecule has 0 aliphatic carbocycles. The van der Waals surface area contributed by atoms with Crippen molar-refractivity contribution < 1.29 is 0 Å². The molecule has 2 rings (SSSR count). The van der Waals surface area contributed by atoms with Gasteiger partial charge in [-0.3, -0.25) is 19.2 Å². The zero-order valence-electron chi connectivity index (χ0n) is 13.1. The monoisotopic (exact) mass is 327 g/mol. The molecule has 0 saturated carbocycles. The van der Waals surface area contributed by atoms with Crippen LogP contribution in [-0.2, 0) is 13.0 Å². The van der Waals surface area contributed by atoms with E-state index in [-0.39, 0.29) is 5.50 Å². The fraction of sp³-hybridized carbons (Fsp3) is 0.643. The van der Waals surface area contributed by atoms with E-state index < -0.39 is 11.2 Å². The molecular formula is C14H22ClN5O2. The van der Waals surface area contributed by atoms with Crippen molar-refractivity contribution in [3.05, 3.63) is 26.7 Å². The van der Waals surface area contributed by atoms with Crippen LogP contribution in [-0.4, -0.2) is 44.0 Å². The minimum atomic E-state index is -0.429. The molecule has 2 heterocycles. The Morgan fingerprint density at radius 2 is 2.05 bits per heavy atom. The first-order valence-corrected chi connectivity index (χ1v) is 7.90. The van der Waals surface area contributed by atoms with Crippen LogP contribution in [0.5, 0.6) is 0 Å². The van der Waals surface area contributed by atoms with E-state index in [1.54, 1.807) is 0 Å². The zero-order valence-corrected chi connectivity index (χ0v) is 13.9. The Bertz CT molecular complexity index is 746. The Kier molecular flexibility index (Phi) is 5.42. The number of alkyl halides is 1. The SMILES string of the molecule is CCCCn1c(=O)[nH]c(=O)c2[nH]c(CCC(Cl)N(C)C)nc21. The van der Waals surface area contributed by atoms with Gasteiger partial charge in [-0.2, -0.15) is 0 Å². The molecule has 0 bridgehead atoms. The lowest BCUT2D eigenvalue weighted by molar-refractivity contribution is 0.359. The number of H-pyrrole nitrogens is 2. The molecule has 0 fully saturated rings. The van der Waals surface area contributed by atoms with Crippen LogP contribution in [0.15, 0.2) is 9.59 Å². The number of aromatic amines is 2. The summed E-state index contributed by atoms with van der Waals surface area (Å²) in [6.45, 7) is 2.59. The van der Waals surface area contributed by atoms with Gasteiger partial charge in [0.2, 0.25) is 0 Å². The molecule has 122 valence electrons. The highest BCUT2D eigenvalue weighted by atomic mass is 35.5. The molecule has 1 atom stereocenters. The van der Waals surface area contributed by atoms with Gasteiger partial charge in [-0.05, 0) is 26.9 Å². The number of fused-ring (bicyclic) bond motifs is 1. The second kappa shape index (κ2) is 7.11. The number of nitrogens with one attached hydrogen (secondary N) is 2. The molecule has 8 heteroatoms. The number of hydrogen-bond acceptors (Lipinski definition) is 4. The van der Waals surface area contributed by atoms with Gasteiger partial charge in [-0.15, -0.1) is 11.6 Å². The van der Waals surface area contributed by atoms with Gasteiger partial charge < -0.3 is 4.98 Å². The Morgan fingerprint density at radius 3 is 2.68 bits per heavy atom. The number of unbranched alkanes of at least 4 members (excludes halogenated alkanes) is 1. The lowest BCUT2D eigenvalue weighted by atomic mass is 10.3. The molecular weight excluding hydrogens is 306 g/mol. The maximum atomic E-state index is 12.0. The van der Waals surface area contributed by atoms with Crippen molar-refractivity contribution in [3.63, 3.8) is 0 Å². The van der Waals surface area contributed by atoms with E-state index in [1.807, 2.05) is 25.9 Å². The van der Waals surface area contributed by atoms with Crippen LogP contribution in [0.1, 0.15) is 32.0 Å². The fourth-order valence-corrected chi connectivity index (χ4v) is 2.35. The van der Waals surface area contributed by atoms with Crippen molar-refractivity contribution in [1.82, 2.24) is 24.4 Å². The van der Waals surface area contributed by atoms with E-state index in [1.165, 1.54) is 4.57 Å². The molecule has 0 aromatic carbocycles. The minimum Gasteiger partial charge on any atom is -0.336 e. The maximum absolute atomic E-state index is 12.0. The number of hydrogen-bond donors (Lipinski definition) is 2. The highest BCUT2D eigenvalue weighted by Crippen LogP contribution is 2.12. The topological polar surface area (TPSA) is 86.8 Å². The molecule has 0 amide bonds. The highest BCUT2D eigenvalue weighted by molar-refractivity contribution is 6.20. The second-order valence-corrected chi connectivity index (χ2v) is 6.09. The lowest BCUT2D eigenvalue weighted by Crippen LogP contribution is -2.30. The predicted octanol–water partition coefficient (Wildman–Crippen LogP) is 1.27. The van der Waals surface area contributed by atoms with E-state index in [9.17, 15) is 9.59 Å². The summed E-state index contributed by atoms with van der Waals surface area (Å²) in [5.74, 6) is 0.670. The van der Waals surface area contributed by atoms with Gasteiger partial charge in [0.1, 0.15) is 11.3 Å². The molecule has 0 aliphatic heterocycles. The third-order valence-electron chi connectivity index (χ3n) is 3.60. The normalized spacial score (nSPS) is 13.1. The van der Waals surface area contributed by atoms with Gasteiger partial charge in [-0.1, -0.05) is 13.3 Å². The molecule has 0 radical (unpaired) electrons. The van der Waals surface area contributed by atoms with Gasteiger partial charge in [0.15, 0.2) is 5.65 Å². The van der Waals surface area contributed by atoms with Crippen molar-refractivity contribution in [2.24, 2.45) is 0 Å². The summed E-state index contributed by atoms with van der Waals surface area (Å²) in [5.41, 5.74) is -0.169. The number of rotatable bonds is 7. The zero-order chi connectivity index (χ0) is 16.3. The van der Waals surface area contributed by atoms with E-state index in [0.717, 1.165) is 12.8 Å².